The molecule has 0 bridgehead atoms. The molecule has 1 aromatic carbocycles. The molecule has 1 atom stereocenters. The third-order valence-electron chi connectivity index (χ3n) is 5.00. The van der Waals surface area contributed by atoms with Crippen LogP contribution >= 0.6 is 11.3 Å². The first-order valence-corrected chi connectivity index (χ1v) is 9.44. The molecule has 1 heterocycles. The van der Waals surface area contributed by atoms with E-state index in [-0.39, 0.29) is 11.1 Å². The largest absolute Gasteiger partial charge is 0.270 e. The fourth-order valence-corrected chi connectivity index (χ4v) is 4.59. The summed E-state index contributed by atoms with van der Waals surface area (Å²) in [4.78, 5) is 16.2. The second-order valence-electron chi connectivity index (χ2n) is 7.71. The molecule has 0 unspecified atom stereocenters. The lowest BCUT2D eigenvalue weighted by Gasteiger charge is -2.33. The number of fused-ring (bicyclic) bond motifs is 1. The van der Waals surface area contributed by atoms with Crippen LogP contribution in [0, 0.1) is 32.8 Å². The van der Waals surface area contributed by atoms with Gasteiger partial charge in [-0.25, -0.2) is 4.99 Å². The molecule has 2 aromatic rings. The Kier molecular flexibility index (Phi) is 4.92. The molecule has 0 saturated carbocycles. The molecule has 0 radical (unpaired) electrons. The van der Waals surface area contributed by atoms with Gasteiger partial charge in [-0.05, 0) is 41.7 Å². The van der Waals surface area contributed by atoms with Crippen molar-refractivity contribution < 1.29 is 4.92 Å². The van der Waals surface area contributed by atoms with E-state index in [9.17, 15) is 15.4 Å². The molecule has 0 fully saturated rings. The summed E-state index contributed by atoms with van der Waals surface area (Å²) in [6, 6.07) is 8.66. The van der Waals surface area contributed by atoms with Crippen LogP contribution in [0.2, 0.25) is 0 Å². The summed E-state index contributed by atoms with van der Waals surface area (Å²) in [6.45, 7) is 6.80. The SMILES string of the molecule is CC(C)(C)[C@@H]1CCc2c(sc(N=Cc3cccc([N+](=O)[O-])c3)c2C#N)C1. The maximum absolute atomic E-state index is 10.9. The number of hydrogen-bond acceptors (Lipinski definition) is 5. The number of nitriles is 1. The normalized spacial score (nSPS) is 17.1. The molecule has 1 aliphatic rings. The predicted octanol–water partition coefficient (Wildman–Crippen LogP) is 5.43. The molecule has 3 rings (SSSR count). The average molecular weight is 367 g/mol. The molecule has 0 aliphatic heterocycles. The summed E-state index contributed by atoms with van der Waals surface area (Å²) < 4.78 is 0. The van der Waals surface area contributed by atoms with Crippen molar-refractivity contribution in [2.75, 3.05) is 0 Å². The van der Waals surface area contributed by atoms with E-state index in [1.165, 1.54) is 17.0 Å². The number of hydrogen-bond donors (Lipinski definition) is 0. The van der Waals surface area contributed by atoms with Gasteiger partial charge in [0.15, 0.2) is 0 Å². The van der Waals surface area contributed by atoms with Gasteiger partial charge in [0.05, 0.1) is 10.5 Å². The minimum atomic E-state index is -0.422. The lowest BCUT2D eigenvalue weighted by atomic mass is 9.72. The summed E-state index contributed by atoms with van der Waals surface area (Å²) >= 11 is 1.58. The van der Waals surface area contributed by atoms with Gasteiger partial charge in [-0.1, -0.05) is 32.9 Å². The predicted molar refractivity (Wildman–Crippen MR) is 104 cm³/mol. The quantitative estimate of drug-likeness (QED) is 0.412. The average Bonchev–Trinajstić information content (AvgIpc) is 2.96. The highest BCUT2D eigenvalue weighted by atomic mass is 32.1. The van der Waals surface area contributed by atoms with Crippen molar-refractivity contribution in [3.05, 3.63) is 55.9 Å². The van der Waals surface area contributed by atoms with Gasteiger partial charge in [-0.15, -0.1) is 11.3 Å². The van der Waals surface area contributed by atoms with Gasteiger partial charge in [-0.2, -0.15) is 5.26 Å². The molecule has 6 heteroatoms. The number of nitrogens with zero attached hydrogens (tertiary/aromatic N) is 3. The number of benzene rings is 1. The van der Waals surface area contributed by atoms with Crippen LogP contribution in [-0.2, 0) is 12.8 Å². The summed E-state index contributed by atoms with van der Waals surface area (Å²) in [5, 5.41) is 21.2. The molecule has 134 valence electrons. The summed E-state index contributed by atoms with van der Waals surface area (Å²) in [5.74, 6) is 0.605. The first kappa shape index (κ1) is 18.3. The molecular weight excluding hydrogens is 346 g/mol. The van der Waals surface area contributed by atoms with E-state index >= 15 is 0 Å². The van der Waals surface area contributed by atoms with Crippen LogP contribution in [0.5, 0.6) is 0 Å². The molecule has 5 nitrogen and oxygen atoms in total. The molecular formula is C20H21N3O2S. The van der Waals surface area contributed by atoms with Crippen molar-refractivity contribution in [2.24, 2.45) is 16.3 Å². The van der Waals surface area contributed by atoms with Crippen molar-refractivity contribution in [3.63, 3.8) is 0 Å². The monoisotopic (exact) mass is 367 g/mol. The standard InChI is InChI=1S/C20H21N3O2S/c1-20(2,3)14-7-8-16-17(11-21)19(26-18(16)10-14)22-12-13-5-4-6-15(9-13)23(24)25/h4-6,9,12,14H,7-8,10H2,1-3H3/t14-/m1/s1. The van der Waals surface area contributed by atoms with Crippen LogP contribution in [0.15, 0.2) is 29.3 Å². The number of rotatable bonds is 3. The fraction of sp³-hybridized carbons (Fsp3) is 0.400. The highest BCUT2D eigenvalue weighted by molar-refractivity contribution is 7.16. The molecule has 1 aliphatic carbocycles. The van der Waals surface area contributed by atoms with Crippen LogP contribution in [-0.4, -0.2) is 11.1 Å². The maximum Gasteiger partial charge on any atom is 0.270 e. The van der Waals surface area contributed by atoms with Gasteiger partial charge in [0, 0.05) is 23.2 Å². The first-order valence-electron chi connectivity index (χ1n) is 8.62. The highest BCUT2D eigenvalue weighted by Gasteiger charge is 2.32. The summed E-state index contributed by atoms with van der Waals surface area (Å²) in [7, 11) is 0. The van der Waals surface area contributed by atoms with E-state index in [2.05, 4.69) is 31.8 Å². The topological polar surface area (TPSA) is 79.3 Å². The van der Waals surface area contributed by atoms with E-state index in [4.69, 9.17) is 0 Å². The van der Waals surface area contributed by atoms with Crippen LogP contribution in [0.3, 0.4) is 0 Å². The van der Waals surface area contributed by atoms with Gasteiger partial charge in [0.2, 0.25) is 0 Å². The Labute approximate surface area is 157 Å². The van der Waals surface area contributed by atoms with E-state index in [0.29, 0.717) is 22.0 Å². The second-order valence-corrected chi connectivity index (χ2v) is 8.80. The van der Waals surface area contributed by atoms with E-state index in [1.807, 2.05) is 0 Å². The minimum absolute atomic E-state index is 0.0351. The van der Waals surface area contributed by atoms with Crippen LogP contribution in [0.4, 0.5) is 10.7 Å². The van der Waals surface area contributed by atoms with Crippen LogP contribution in [0.25, 0.3) is 0 Å². The summed E-state index contributed by atoms with van der Waals surface area (Å²) in [6.07, 6.45) is 4.61. The van der Waals surface area contributed by atoms with Crippen LogP contribution in [0.1, 0.15) is 48.8 Å². The van der Waals surface area contributed by atoms with Crippen molar-refractivity contribution in [1.82, 2.24) is 0 Å². The first-order chi connectivity index (χ1) is 12.3. The Morgan fingerprint density at radius 3 is 2.85 bits per heavy atom. The Hall–Kier alpha value is -2.52. The molecule has 0 spiro atoms. The van der Waals surface area contributed by atoms with Crippen molar-refractivity contribution in [3.8, 4) is 6.07 Å². The maximum atomic E-state index is 10.9. The third-order valence-corrected chi connectivity index (χ3v) is 6.16. The number of aliphatic imine (C=N–C) groups is 1. The Bertz CT molecular complexity index is 916. The Morgan fingerprint density at radius 1 is 1.42 bits per heavy atom. The van der Waals surface area contributed by atoms with Gasteiger partial charge in [0.1, 0.15) is 11.1 Å². The fourth-order valence-electron chi connectivity index (χ4n) is 3.37. The summed E-state index contributed by atoms with van der Waals surface area (Å²) in [5.41, 5.74) is 2.75. The highest BCUT2D eigenvalue weighted by Crippen LogP contribution is 2.44. The zero-order chi connectivity index (χ0) is 18.9. The Balaban J connectivity index is 1.90. The zero-order valence-electron chi connectivity index (χ0n) is 15.2. The molecule has 26 heavy (non-hydrogen) atoms. The Morgan fingerprint density at radius 2 is 2.19 bits per heavy atom. The minimum Gasteiger partial charge on any atom is -0.258 e. The third kappa shape index (κ3) is 3.68. The van der Waals surface area contributed by atoms with Crippen LogP contribution < -0.4 is 0 Å². The van der Waals surface area contributed by atoms with Gasteiger partial charge in [0.25, 0.3) is 5.69 Å². The second kappa shape index (κ2) is 7.00. The number of thiophene rings is 1. The van der Waals surface area contributed by atoms with E-state index < -0.39 is 4.92 Å². The lowest BCUT2D eigenvalue weighted by Crippen LogP contribution is -2.26. The number of nitro benzene ring substituents is 1. The van der Waals surface area contributed by atoms with Gasteiger partial charge >= 0.3 is 0 Å². The number of non-ortho nitro benzene ring substituents is 1. The van der Waals surface area contributed by atoms with Gasteiger partial charge < -0.3 is 0 Å². The number of nitro groups is 1. The molecule has 1 aromatic heterocycles. The van der Waals surface area contributed by atoms with Crippen molar-refractivity contribution >= 4 is 28.2 Å². The van der Waals surface area contributed by atoms with E-state index in [1.54, 1.807) is 29.7 Å². The molecule has 0 saturated heterocycles. The molecule has 0 amide bonds. The van der Waals surface area contributed by atoms with E-state index in [0.717, 1.165) is 24.8 Å². The smallest absolute Gasteiger partial charge is 0.258 e. The molecule has 0 N–H and O–H groups in total. The zero-order valence-corrected chi connectivity index (χ0v) is 16.0. The van der Waals surface area contributed by atoms with Crippen molar-refractivity contribution in [1.29, 1.82) is 5.26 Å². The van der Waals surface area contributed by atoms with Crippen molar-refractivity contribution in [2.45, 2.75) is 40.0 Å². The van der Waals surface area contributed by atoms with Gasteiger partial charge in [-0.3, -0.25) is 10.1 Å². The lowest BCUT2D eigenvalue weighted by molar-refractivity contribution is -0.384.